The van der Waals surface area contributed by atoms with Crippen molar-refractivity contribution < 1.29 is 14.2 Å². The molecule has 27 heavy (non-hydrogen) atoms. The first-order valence-corrected chi connectivity index (χ1v) is 9.23. The molecule has 0 bridgehead atoms. The van der Waals surface area contributed by atoms with Crippen LogP contribution in [0.3, 0.4) is 0 Å². The quantitative estimate of drug-likeness (QED) is 0.503. The predicted molar refractivity (Wildman–Crippen MR) is 104 cm³/mol. The summed E-state index contributed by atoms with van der Waals surface area (Å²) in [6.07, 6.45) is 0. The van der Waals surface area contributed by atoms with Gasteiger partial charge >= 0.3 is 0 Å². The largest absolute Gasteiger partial charge is 0.494 e. The molecular formula is C19H18N4O3S. The minimum Gasteiger partial charge on any atom is -0.494 e. The van der Waals surface area contributed by atoms with Crippen LogP contribution >= 0.6 is 11.3 Å². The van der Waals surface area contributed by atoms with E-state index >= 15 is 0 Å². The Kier molecular flexibility index (Phi) is 4.64. The molecule has 0 saturated carbocycles. The summed E-state index contributed by atoms with van der Waals surface area (Å²) in [6, 6.07) is 13.5. The Morgan fingerprint density at radius 3 is 2.59 bits per heavy atom. The standard InChI is InChI=1S/C19H18N4O3S/c1-4-26-14-7-5-6-13(10-14)18-22-23-17(20-21-19(23)27-18)12-8-9-15(24-2)16(11-12)25-3/h5-11H,4H2,1-3H3. The van der Waals surface area contributed by atoms with E-state index in [1.165, 1.54) is 11.3 Å². The van der Waals surface area contributed by atoms with Crippen LogP contribution in [-0.2, 0) is 0 Å². The molecule has 0 radical (unpaired) electrons. The van der Waals surface area contributed by atoms with Crippen molar-refractivity contribution in [3.8, 4) is 39.2 Å². The lowest BCUT2D eigenvalue weighted by molar-refractivity contribution is 0.340. The van der Waals surface area contributed by atoms with Crippen molar-refractivity contribution in [2.75, 3.05) is 20.8 Å². The van der Waals surface area contributed by atoms with Gasteiger partial charge in [-0.2, -0.15) is 9.61 Å². The second-order valence-corrected chi connectivity index (χ2v) is 6.61. The topological polar surface area (TPSA) is 70.8 Å². The lowest BCUT2D eigenvalue weighted by Gasteiger charge is -2.08. The first-order valence-electron chi connectivity index (χ1n) is 8.41. The predicted octanol–water partition coefficient (Wildman–Crippen LogP) is 3.94. The molecule has 4 rings (SSSR count). The number of aromatic nitrogens is 4. The van der Waals surface area contributed by atoms with Crippen molar-refractivity contribution in [1.29, 1.82) is 0 Å². The fourth-order valence-electron chi connectivity index (χ4n) is 2.77. The van der Waals surface area contributed by atoms with Gasteiger partial charge in [-0.15, -0.1) is 10.2 Å². The molecule has 4 aromatic rings. The minimum atomic E-state index is 0.623. The Labute approximate surface area is 160 Å². The maximum Gasteiger partial charge on any atom is 0.235 e. The number of nitrogens with zero attached hydrogens (tertiary/aromatic N) is 4. The molecule has 8 heteroatoms. The van der Waals surface area contributed by atoms with Gasteiger partial charge in [-0.05, 0) is 37.3 Å². The average molecular weight is 382 g/mol. The van der Waals surface area contributed by atoms with E-state index in [1.54, 1.807) is 18.7 Å². The van der Waals surface area contributed by atoms with Gasteiger partial charge in [0.05, 0.1) is 20.8 Å². The number of benzene rings is 2. The second-order valence-electron chi connectivity index (χ2n) is 5.66. The summed E-state index contributed by atoms with van der Waals surface area (Å²) in [5, 5.41) is 14.1. The Hall–Kier alpha value is -3.13. The Bertz CT molecular complexity index is 1090. The summed E-state index contributed by atoms with van der Waals surface area (Å²) >= 11 is 1.48. The van der Waals surface area contributed by atoms with Gasteiger partial charge in [-0.25, -0.2) is 0 Å². The van der Waals surface area contributed by atoms with Gasteiger partial charge in [0.2, 0.25) is 4.96 Å². The SMILES string of the molecule is CCOc1cccc(-c2nn3c(-c4ccc(OC)c(OC)c4)nnc3s2)c1. The van der Waals surface area contributed by atoms with Crippen LogP contribution < -0.4 is 14.2 Å². The molecule has 0 amide bonds. The summed E-state index contributed by atoms with van der Waals surface area (Å²) in [5.74, 6) is 2.76. The number of ether oxygens (including phenoxy) is 3. The summed E-state index contributed by atoms with van der Waals surface area (Å²) in [5.41, 5.74) is 1.83. The maximum atomic E-state index is 5.58. The average Bonchev–Trinajstić information content (AvgIpc) is 3.29. The Balaban J connectivity index is 1.76. The monoisotopic (exact) mass is 382 g/mol. The van der Waals surface area contributed by atoms with Crippen molar-refractivity contribution in [3.05, 3.63) is 42.5 Å². The molecule has 0 spiro atoms. The van der Waals surface area contributed by atoms with E-state index in [9.17, 15) is 0 Å². The summed E-state index contributed by atoms with van der Waals surface area (Å²) in [7, 11) is 3.21. The van der Waals surface area contributed by atoms with E-state index in [-0.39, 0.29) is 0 Å². The van der Waals surface area contributed by atoms with E-state index in [2.05, 4.69) is 10.2 Å². The molecule has 138 valence electrons. The Morgan fingerprint density at radius 1 is 0.963 bits per heavy atom. The van der Waals surface area contributed by atoms with Crippen LogP contribution in [0.5, 0.6) is 17.2 Å². The highest BCUT2D eigenvalue weighted by Gasteiger charge is 2.16. The molecule has 0 aliphatic carbocycles. The van der Waals surface area contributed by atoms with Gasteiger partial charge in [-0.3, -0.25) is 0 Å². The smallest absolute Gasteiger partial charge is 0.235 e. The van der Waals surface area contributed by atoms with E-state index in [0.717, 1.165) is 26.8 Å². The molecule has 7 nitrogen and oxygen atoms in total. The molecule has 2 heterocycles. The third-order valence-electron chi connectivity index (χ3n) is 4.02. The molecule has 0 aliphatic rings. The number of rotatable bonds is 6. The van der Waals surface area contributed by atoms with E-state index in [1.807, 2.05) is 49.4 Å². The third-order valence-corrected chi connectivity index (χ3v) is 4.97. The van der Waals surface area contributed by atoms with Crippen molar-refractivity contribution in [1.82, 2.24) is 19.8 Å². The highest BCUT2D eigenvalue weighted by Crippen LogP contribution is 2.33. The highest BCUT2D eigenvalue weighted by molar-refractivity contribution is 7.19. The van der Waals surface area contributed by atoms with Crippen LogP contribution in [-0.4, -0.2) is 40.6 Å². The lowest BCUT2D eigenvalue weighted by atomic mass is 10.2. The zero-order chi connectivity index (χ0) is 18.8. The van der Waals surface area contributed by atoms with E-state index < -0.39 is 0 Å². The number of fused-ring (bicyclic) bond motifs is 1. The van der Waals surface area contributed by atoms with Crippen LogP contribution in [0.4, 0.5) is 0 Å². The molecule has 2 aromatic heterocycles. The molecule has 2 aromatic carbocycles. The zero-order valence-corrected chi connectivity index (χ0v) is 16.0. The van der Waals surface area contributed by atoms with E-state index in [0.29, 0.717) is 23.9 Å². The summed E-state index contributed by atoms with van der Waals surface area (Å²) in [4.78, 5) is 0.719. The van der Waals surface area contributed by atoms with Gasteiger partial charge in [0.15, 0.2) is 17.3 Å². The van der Waals surface area contributed by atoms with Crippen LogP contribution in [0.15, 0.2) is 42.5 Å². The van der Waals surface area contributed by atoms with Crippen LogP contribution in [0.2, 0.25) is 0 Å². The lowest BCUT2D eigenvalue weighted by Crippen LogP contribution is -1.94. The van der Waals surface area contributed by atoms with Gasteiger partial charge in [-0.1, -0.05) is 23.5 Å². The van der Waals surface area contributed by atoms with Gasteiger partial charge in [0, 0.05) is 11.1 Å². The first-order chi connectivity index (χ1) is 13.2. The summed E-state index contributed by atoms with van der Waals surface area (Å²) in [6.45, 7) is 2.59. The first kappa shape index (κ1) is 17.3. The minimum absolute atomic E-state index is 0.623. The Morgan fingerprint density at radius 2 is 1.81 bits per heavy atom. The van der Waals surface area contributed by atoms with Crippen LogP contribution in [0, 0.1) is 0 Å². The number of hydrogen-bond acceptors (Lipinski definition) is 7. The van der Waals surface area contributed by atoms with Crippen molar-refractivity contribution >= 4 is 16.3 Å². The molecule has 0 saturated heterocycles. The fraction of sp³-hybridized carbons (Fsp3) is 0.211. The molecule has 0 atom stereocenters. The maximum absolute atomic E-state index is 5.58. The fourth-order valence-corrected chi connectivity index (χ4v) is 3.61. The van der Waals surface area contributed by atoms with Crippen molar-refractivity contribution in [2.24, 2.45) is 0 Å². The van der Waals surface area contributed by atoms with Crippen LogP contribution in [0.25, 0.3) is 26.9 Å². The number of hydrogen-bond donors (Lipinski definition) is 0. The van der Waals surface area contributed by atoms with Crippen molar-refractivity contribution in [2.45, 2.75) is 6.92 Å². The van der Waals surface area contributed by atoms with Gasteiger partial charge < -0.3 is 14.2 Å². The molecule has 0 aliphatic heterocycles. The molecular weight excluding hydrogens is 364 g/mol. The molecule has 0 unspecified atom stereocenters. The normalized spacial score (nSPS) is 10.9. The summed E-state index contributed by atoms with van der Waals surface area (Å²) < 4.78 is 18.0. The number of methoxy groups -OCH3 is 2. The van der Waals surface area contributed by atoms with Gasteiger partial charge in [0.25, 0.3) is 0 Å². The van der Waals surface area contributed by atoms with Crippen molar-refractivity contribution in [3.63, 3.8) is 0 Å². The highest BCUT2D eigenvalue weighted by atomic mass is 32.1. The van der Waals surface area contributed by atoms with Crippen LogP contribution in [0.1, 0.15) is 6.92 Å². The molecule has 0 N–H and O–H groups in total. The zero-order valence-electron chi connectivity index (χ0n) is 15.2. The third kappa shape index (κ3) is 3.19. The molecule has 0 fully saturated rings. The van der Waals surface area contributed by atoms with E-state index in [4.69, 9.17) is 19.3 Å². The second kappa shape index (κ2) is 7.24. The van der Waals surface area contributed by atoms with Gasteiger partial charge in [0.1, 0.15) is 10.8 Å².